The van der Waals surface area contributed by atoms with E-state index in [0.717, 1.165) is 0 Å². The highest BCUT2D eigenvalue weighted by molar-refractivity contribution is 5.76. The molecule has 0 unspecified atom stereocenters. The number of ether oxygens (including phenoxy) is 1. The molecule has 0 radical (unpaired) electrons. The van der Waals surface area contributed by atoms with E-state index in [1.54, 1.807) is 19.1 Å². The fraction of sp³-hybridized carbons (Fsp3) is 0.273. The predicted molar refractivity (Wildman–Crippen MR) is 53.5 cm³/mol. The van der Waals surface area contributed by atoms with Gasteiger partial charge in [0.15, 0.2) is 0 Å². The van der Waals surface area contributed by atoms with Crippen LogP contribution in [0, 0.1) is 11.3 Å². The Hall–Kier alpha value is -2.02. The van der Waals surface area contributed by atoms with E-state index in [2.05, 4.69) is 0 Å². The third kappa shape index (κ3) is 3.69. The largest absolute Gasteiger partial charge is 0.466 e. The van der Waals surface area contributed by atoms with E-state index in [-0.39, 0.29) is 6.42 Å². The average Bonchev–Trinajstić information content (AvgIpc) is 2.70. The molecule has 4 heteroatoms. The quantitative estimate of drug-likeness (QED) is 0.558. The fourth-order valence-corrected chi connectivity index (χ4v) is 1.04. The molecule has 0 bridgehead atoms. The molecule has 4 nitrogen and oxygen atoms in total. The summed E-state index contributed by atoms with van der Waals surface area (Å²) < 4.78 is 9.76. The van der Waals surface area contributed by atoms with Crippen molar-refractivity contribution in [2.24, 2.45) is 0 Å². The molecule has 0 aliphatic carbocycles. The molecule has 0 N–H and O–H groups in total. The molecule has 0 aromatic carbocycles. The number of hydrogen-bond acceptors (Lipinski definition) is 4. The van der Waals surface area contributed by atoms with Gasteiger partial charge in [0, 0.05) is 5.57 Å². The van der Waals surface area contributed by atoms with Crippen LogP contribution in [0.25, 0.3) is 6.08 Å². The molecule has 0 fully saturated rings. The van der Waals surface area contributed by atoms with Crippen molar-refractivity contribution in [2.45, 2.75) is 13.3 Å². The highest BCUT2D eigenvalue weighted by atomic mass is 16.5. The van der Waals surface area contributed by atoms with Crippen LogP contribution in [0.3, 0.4) is 0 Å². The van der Waals surface area contributed by atoms with Crippen molar-refractivity contribution >= 4 is 12.0 Å². The van der Waals surface area contributed by atoms with Crippen LogP contribution >= 0.6 is 0 Å². The first-order valence-corrected chi connectivity index (χ1v) is 4.56. The first-order valence-electron chi connectivity index (χ1n) is 4.56. The Morgan fingerprint density at radius 1 is 1.73 bits per heavy atom. The third-order valence-electron chi connectivity index (χ3n) is 1.64. The van der Waals surface area contributed by atoms with Crippen molar-refractivity contribution in [3.8, 4) is 6.07 Å². The minimum Gasteiger partial charge on any atom is -0.466 e. The van der Waals surface area contributed by atoms with Crippen molar-refractivity contribution in [2.75, 3.05) is 6.61 Å². The maximum atomic E-state index is 11.1. The topological polar surface area (TPSA) is 63.2 Å². The van der Waals surface area contributed by atoms with E-state index in [4.69, 9.17) is 14.4 Å². The van der Waals surface area contributed by atoms with E-state index in [1.165, 1.54) is 12.3 Å². The Balaban J connectivity index is 2.65. The minimum absolute atomic E-state index is 0.0228. The molecular formula is C11H11NO3. The van der Waals surface area contributed by atoms with E-state index in [1.807, 2.05) is 6.07 Å². The standard InChI is InChI=1S/C11H11NO3/c1-2-14-11(13)7-9(8-12)6-10-4-3-5-15-10/h3-6H,2,7H2,1H3/b9-6-. The SMILES string of the molecule is CCOC(=O)C/C(C#N)=C/c1ccco1. The van der Waals surface area contributed by atoms with E-state index >= 15 is 0 Å². The van der Waals surface area contributed by atoms with Crippen LogP contribution in [-0.4, -0.2) is 12.6 Å². The molecule has 0 atom stereocenters. The Labute approximate surface area is 87.8 Å². The maximum Gasteiger partial charge on any atom is 0.310 e. The highest BCUT2D eigenvalue weighted by Crippen LogP contribution is 2.10. The normalized spacial score (nSPS) is 10.8. The molecule has 15 heavy (non-hydrogen) atoms. The Bertz CT molecular complexity index is 384. The van der Waals surface area contributed by atoms with Crippen LogP contribution < -0.4 is 0 Å². The second-order valence-corrected chi connectivity index (χ2v) is 2.78. The molecule has 0 aliphatic rings. The molecule has 1 rings (SSSR count). The number of nitriles is 1. The number of esters is 1. The van der Waals surface area contributed by atoms with Gasteiger partial charge < -0.3 is 9.15 Å². The average molecular weight is 205 g/mol. The van der Waals surface area contributed by atoms with Crippen molar-refractivity contribution in [1.29, 1.82) is 5.26 Å². The number of carbonyl (C=O) groups excluding carboxylic acids is 1. The zero-order valence-corrected chi connectivity index (χ0v) is 8.40. The Kier molecular flexibility index (Phi) is 4.17. The van der Waals surface area contributed by atoms with Gasteiger partial charge in [0.25, 0.3) is 0 Å². The highest BCUT2D eigenvalue weighted by Gasteiger charge is 2.06. The Morgan fingerprint density at radius 2 is 2.53 bits per heavy atom. The lowest BCUT2D eigenvalue weighted by Crippen LogP contribution is -2.04. The molecule has 0 amide bonds. The summed E-state index contributed by atoms with van der Waals surface area (Å²) in [5, 5.41) is 8.77. The van der Waals surface area contributed by atoms with E-state index < -0.39 is 5.97 Å². The fourth-order valence-electron chi connectivity index (χ4n) is 1.04. The molecule has 1 heterocycles. The Morgan fingerprint density at radius 3 is 3.07 bits per heavy atom. The molecule has 78 valence electrons. The molecule has 0 aliphatic heterocycles. The van der Waals surface area contributed by atoms with Gasteiger partial charge in [0.1, 0.15) is 5.76 Å². The number of carbonyl (C=O) groups is 1. The number of furan rings is 1. The predicted octanol–water partition coefficient (Wildman–Crippen LogP) is 2.14. The van der Waals surface area contributed by atoms with Crippen LogP contribution in [0.15, 0.2) is 28.4 Å². The molecule has 0 saturated heterocycles. The van der Waals surface area contributed by atoms with Gasteiger partial charge in [-0.25, -0.2) is 0 Å². The van der Waals surface area contributed by atoms with E-state index in [9.17, 15) is 4.79 Å². The third-order valence-corrected chi connectivity index (χ3v) is 1.64. The van der Waals surface area contributed by atoms with Gasteiger partial charge in [-0.15, -0.1) is 0 Å². The summed E-state index contributed by atoms with van der Waals surface area (Å²) in [5.74, 6) is 0.146. The van der Waals surface area contributed by atoms with Gasteiger partial charge >= 0.3 is 5.97 Å². The first kappa shape index (κ1) is 11.1. The summed E-state index contributed by atoms with van der Waals surface area (Å²) in [6.07, 6.45) is 3.01. The van der Waals surface area contributed by atoms with Gasteiger partial charge in [0.2, 0.25) is 0 Å². The molecular weight excluding hydrogens is 194 g/mol. The minimum atomic E-state index is -0.406. The smallest absolute Gasteiger partial charge is 0.310 e. The first-order chi connectivity index (χ1) is 7.26. The monoisotopic (exact) mass is 205 g/mol. The number of nitrogens with zero attached hydrogens (tertiary/aromatic N) is 1. The van der Waals surface area contributed by atoms with Gasteiger partial charge in [-0.1, -0.05) is 0 Å². The summed E-state index contributed by atoms with van der Waals surface area (Å²) in [6.45, 7) is 2.04. The summed E-state index contributed by atoms with van der Waals surface area (Å²) in [6, 6.07) is 5.35. The van der Waals surface area contributed by atoms with Crippen LogP contribution in [0.4, 0.5) is 0 Å². The lowest BCUT2D eigenvalue weighted by Gasteiger charge is -1.99. The van der Waals surface area contributed by atoms with E-state index in [0.29, 0.717) is 17.9 Å². The van der Waals surface area contributed by atoms with Crippen molar-refractivity contribution in [1.82, 2.24) is 0 Å². The summed E-state index contributed by atoms with van der Waals surface area (Å²) >= 11 is 0. The summed E-state index contributed by atoms with van der Waals surface area (Å²) in [4.78, 5) is 11.1. The second kappa shape index (κ2) is 5.66. The van der Waals surface area contributed by atoms with Gasteiger partial charge in [-0.3, -0.25) is 4.79 Å². The number of rotatable bonds is 4. The van der Waals surface area contributed by atoms with Crippen molar-refractivity contribution in [3.05, 3.63) is 29.7 Å². The lowest BCUT2D eigenvalue weighted by molar-refractivity contribution is -0.142. The van der Waals surface area contributed by atoms with Gasteiger partial charge in [-0.05, 0) is 25.1 Å². The molecule has 0 spiro atoms. The van der Waals surface area contributed by atoms with Crippen molar-refractivity contribution in [3.63, 3.8) is 0 Å². The number of hydrogen-bond donors (Lipinski definition) is 0. The van der Waals surface area contributed by atoms with Crippen LogP contribution in [-0.2, 0) is 9.53 Å². The summed E-state index contributed by atoms with van der Waals surface area (Å²) in [7, 11) is 0. The van der Waals surface area contributed by atoms with Crippen LogP contribution in [0.2, 0.25) is 0 Å². The van der Waals surface area contributed by atoms with Crippen molar-refractivity contribution < 1.29 is 13.9 Å². The zero-order valence-electron chi connectivity index (χ0n) is 8.40. The second-order valence-electron chi connectivity index (χ2n) is 2.78. The summed E-state index contributed by atoms with van der Waals surface area (Å²) in [5.41, 5.74) is 0.323. The zero-order chi connectivity index (χ0) is 11.1. The molecule has 1 aromatic heterocycles. The van der Waals surface area contributed by atoms with Gasteiger partial charge in [-0.2, -0.15) is 5.26 Å². The van der Waals surface area contributed by atoms with Crippen LogP contribution in [0.1, 0.15) is 19.1 Å². The maximum absolute atomic E-state index is 11.1. The molecule has 1 aromatic rings. The lowest BCUT2D eigenvalue weighted by atomic mass is 10.2. The molecule has 0 saturated carbocycles. The van der Waals surface area contributed by atoms with Gasteiger partial charge in [0.05, 0.1) is 25.4 Å². The van der Waals surface area contributed by atoms with Crippen LogP contribution in [0.5, 0.6) is 0 Å².